The standard InChI is InChI=1S/C13H10ClN5O2/c14-11-4-7(8(15)5-16-11)12(20)17-6-1-2-9-10(3-6)19-13(21)18-9/h1-5H,15H2,(H,17,20)(H2,18,19,21). The number of benzene rings is 1. The summed E-state index contributed by atoms with van der Waals surface area (Å²) >= 11 is 5.75. The number of H-pyrrole nitrogens is 2. The number of amides is 1. The molecule has 0 aliphatic rings. The number of fused-ring (bicyclic) bond motifs is 1. The van der Waals surface area contributed by atoms with Gasteiger partial charge in [0, 0.05) is 5.69 Å². The monoisotopic (exact) mass is 303 g/mol. The Hall–Kier alpha value is -2.80. The van der Waals surface area contributed by atoms with E-state index in [9.17, 15) is 9.59 Å². The molecule has 3 rings (SSSR count). The highest BCUT2D eigenvalue weighted by Gasteiger charge is 2.12. The van der Waals surface area contributed by atoms with Crippen LogP contribution in [-0.4, -0.2) is 20.9 Å². The maximum atomic E-state index is 12.2. The minimum Gasteiger partial charge on any atom is -0.397 e. The lowest BCUT2D eigenvalue weighted by Gasteiger charge is -2.07. The highest BCUT2D eigenvalue weighted by Crippen LogP contribution is 2.19. The highest BCUT2D eigenvalue weighted by atomic mass is 35.5. The maximum Gasteiger partial charge on any atom is 0.323 e. The summed E-state index contributed by atoms with van der Waals surface area (Å²) in [5.74, 6) is -0.408. The van der Waals surface area contributed by atoms with Crippen molar-refractivity contribution in [2.75, 3.05) is 11.1 Å². The molecule has 0 saturated carbocycles. The van der Waals surface area contributed by atoms with Crippen molar-refractivity contribution in [3.8, 4) is 0 Å². The third-order valence-corrected chi connectivity index (χ3v) is 3.13. The fraction of sp³-hybridized carbons (Fsp3) is 0. The number of imidazole rings is 1. The van der Waals surface area contributed by atoms with Gasteiger partial charge in [0.15, 0.2) is 0 Å². The summed E-state index contributed by atoms with van der Waals surface area (Å²) in [7, 11) is 0. The molecular weight excluding hydrogens is 294 g/mol. The summed E-state index contributed by atoms with van der Waals surface area (Å²) in [6.45, 7) is 0. The topological polar surface area (TPSA) is 117 Å². The molecule has 21 heavy (non-hydrogen) atoms. The number of nitrogens with two attached hydrogens (primary N) is 1. The Bertz CT molecular complexity index is 899. The first-order valence-corrected chi connectivity index (χ1v) is 6.35. The van der Waals surface area contributed by atoms with Gasteiger partial charge in [-0.1, -0.05) is 11.6 Å². The summed E-state index contributed by atoms with van der Waals surface area (Å²) in [5.41, 5.74) is 7.64. The van der Waals surface area contributed by atoms with E-state index in [1.54, 1.807) is 18.2 Å². The summed E-state index contributed by atoms with van der Waals surface area (Å²) in [6.07, 6.45) is 1.32. The van der Waals surface area contributed by atoms with Crippen LogP contribution in [0, 0.1) is 0 Å². The van der Waals surface area contributed by atoms with Gasteiger partial charge < -0.3 is 21.0 Å². The van der Waals surface area contributed by atoms with Crippen LogP contribution in [0.25, 0.3) is 11.0 Å². The van der Waals surface area contributed by atoms with E-state index in [1.807, 2.05) is 0 Å². The number of hydrogen-bond acceptors (Lipinski definition) is 4. The number of halogens is 1. The van der Waals surface area contributed by atoms with Gasteiger partial charge in [-0.05, 0) is 24.3 Å². The van der Waals surface area contributed by atoms with Crippen molar-refractivity contribution in [3.63, 3.8) is 0 Å². The minimum atomic E-state index is -0.408. The van der Waals surface area contributed by atoms with Gasteiger partial charge in [-0.15, -0.1) is 0 Å². The molecule has 2 aromatic heterocycles. The molecule has 2 heterocycles. The molecule has 0 aliphatic carbocycles. The number of aromatic amines is 2. The molecule has 7 nitrogen and oxygen atoms in total. The number of carbonyl (C=O) groups is 1. The molecule has 1 aromatic carbocycles. The van der Waals surface area contributed by atoms with Crippen LogP contribution in [0.2, 0.25) is 5.15 Å². The lowest BCUT2D eigenvalue weighted by atomic mass is 10.2. The smallest absolute Gasteiger partial charge is 0.323 e. The Labute approximate surface area is 123 Å². The Morgan fingerprint density at radius 2 is 2.00 bits per heavy atom. The zero-order chi connectivity index (χ0) is 15.0. The van der Waals surface area contributed by atoms with Gasteiger partial charge in [0.2, 0.25) is 0 Å². The number of nitrogens with one attached hydrogen (secondary N) is 3. The van der Waals surface area contributed by atoms with E-state index >= 15 is 0 Å². The Morgan fingerprint density at radius 3 is 2.81 bits per heavy atom. The molecule has 8 heteroatoms. The van der Waals surface area contributed by atoms with Gasteiger partial charge in [0.25, 0.3) is 5.91 Å². The zero-order valence-corrected chi connectivity index (χ0v) is 11.4. The molecule has 0 saturated heterocycles. The SMILES string of the molecule is Nc1cnc(Cl)cc1C(=O)Nc1ccc2[nH]c(=O)[nH]c2c1. The number of hydrogen-bond donors (Lipinski definition) is 4. The van der Waals surface area contributed by atoms with Gasteiger partial charge in [0.05, 0.1) is 28.5 Å². The van der Waals surface area contributed by atoms with E-state index in [0.717, 1.165) is 0 Å². The molecule has 0 fully saturated rings. The summed E-state index contributed by atoms with van der Waals surface area (Å²) in [5, 5.41) is 2.87. The zero-order valence-electron chi connectivity index (χ0n) is 10.6. The van der Waals surface area contributed by atoms with Gasteiger partial charge in [-0.2, -0.15) is 0 Å². The summed E-state index contributed by atoms with van der Waals surface area (Å²) in [6, 6.07) is 6.39. The number of nitrogens with zero attached hydrogens (tertiary/aromatic N) is 1. The van der Waals surface area contributed by atoms with Crippen molar-refractivity contribution in [1.82, 2.24) is 15.0 Å². The second-order valence-electron chi connectivity index (χ2n) is 4.39. The number of pyridine rings is 1. The van der Waals surface area contributed by atoms with Gasteiger partial charge in [-0.3, -0.25) is 4.79 Å². The molecule has 0 atom stereocenters. The van der Waals surface area contributed by atoms with E-state index in [0.29, 0.717) is 16.7 Å². The van der Waals surface area contributed by atoms with Crippen LogP contribution in [0.5, 0.6) is 0 Å². The van der Waals surface area contributed by atoms with Gasteiger partial charge >= 0.3 is 5.69 Å². The molecule has 0 spiro atoms. The first-order valence-electron chi connectivity index (χ1n) is 5.97. The minimum absolute atomic E-state index is 0.180. The molecule has 0 unspecified atom stereocenters. The van der Waals surface area contributed by atoms with Crippen LogP contribution >= 0.6 is 11.6 Å². The predicted molar refractivity (Wildman–Crippen MR) is 80.5 cm³/mol. The fourth-order valence-electron chi connectivity index (χ4n) is 1.95. The summed E-state index contributed by atoms with van der Waals surface area (Å²) < 4.78 is 0. The second-order valence-corrected chi connectivity index (χ2v) is 4.78. The van der Waals surface area contributed by atoms with Crippen LogP contribution < -0.4 is 16.7 Å². The molecule has 1 amide bonds. The van der Waals surface area contributed by atoms with Crippen molar-refractivity contribution in [3.05, 3.63) is 51.7 Å². The molecular formula is C13H10ClN5O2. The van der Waals surface area contributed by atoms with Crippen molar-refractivity contribution < 1.29 is 4.79 Å². The fourth-order valence-corrected chi connectivity index (χ4v) is 2.10. The van der Waals surface area contributed by atoms with Crippen LogP contribution in [0.3, 0.4) is 0 Å². The lowest BCUT2D eigenvalue weighted by molar-refractivity contribution is 0.102. The van der Waals surface area contributed by atoms with E-state index in [1.165, 1.54) is 12.3 Å². The quantitative estimate of drug-likeness (QED) is 0.539. The maximum absolute atomic E-state index is 12.2. The average molecular weight is 304 g/mol. The molecule has 106 valence electrons. The Kier molecular flexibility index (Phi) is 3.11. The van der Waals surface area contributed by atoms with Crippen LogP contribution in [-0.2, 0) is 0 Å². The highest BCUT2D eigenvalue weighted by molar-refractivity contribution is 6.30. The first kappa shape index (κ1) is 13.2. The third-order valence-electron chi connectivity index (χ3n) is 2.92. The van der Waals surface area contributed by atoms with Gasteiger partial charge in [0.1, 0.15) is 5.15 Å². The van der Waals surface area contributed by atoms with Crippen molar-refractivity contribution in [2.45, 2.75) is 0 Å². The normalized spacial score (nSPS) is 10.7. The van der Waals surface area contributed by atoms with Crippen LogP contribution in [0.4, 0.5) is 11.4 Å². The van der Waals surface area contributed by atoms with Crippen molar-refractivity contribution in [2.24, 2.45) is 0 Å². The first-order chi connectivity index (χ1) is 10.0. The number of rotatable bonds is 2. The number of nitrogen functional groups attached to an aromatic ring is 1. The van der Waals surface area contributed by atoms with Gasteiger partial charge in [-0.25, -0.2) is 9.78 Å². The molecule has 0 bridgehead atoms. The number of carbonyl (C=O) groups excluding carboxylic acids is 1. The molecule has 0 aliphatic heterocycles. The Morgan fingerprint density at radius 1 is 1.24 bits per heavy atom. The van der Waals surface area contributed by atoms with E-state index in [2.05, 4.69) is 20.3 Å². The second kappa shape index (κ2) is 4.95. The lowest BCUT2D eigenvalue weighted by Crippen LogP contribution is -2.14. The van der Waals surface area contributed by atoms with Crippen molar-refractivity contribution in [1.29, 1.82) is 0 Å². The van der Waals surface area contributed by atoms with Crippen LogP contribution in [0.1, 0.15) is 10.4 Å². The number of aromatic nitrogens is 3. The van der Waals surface area contributed by atoms with Crippen LogP contribution in [0.15, 0.2) is 35.3 Å². The molecule has 0 radical (unpaired) electrons. The number of anilines is 2. The third kappa shape index (κ3) is 2.59. The predicted octanol–water partition coefficient (Wildman–Crippen LogP) is 1.74. The van der Waals surface area contributed by atoms with Crippen molar-refractivity contribution >= 4 is 39.9 Å². The van der Waals surface area contributed by atoms with E-state index in [-0.39, 0.29) is 22.1 Å². The molecule has 3 aromatic rings. The van der Waals surface area contributed by atoms with E-state index in [4.69, 9.17) is 17.3 Å². The molecule has 5 N–H and O–H groups in total. The van der Waals surface area contributed by atoms with E-state index < -0.39 is 5.91 Å². The Balaban J connectivity index is 1.92. The summed E-state index contributed by atoms with van der Waals surface area (Å²) in [4.78, 5) is 32.4. The average Bonchev–Trinajstić information content (AvgIpc) is 2.80. The largest absolute Gasteiger partial charge is 0.397 e.